The first-order chi connectivity index (χ1) is 14.4. The van der Waals surface area contributed by atoms with Crippen molar-refractivity contribution >= 4 is 29.3 Å². The highest BCUT2D eigenvalue weighted by Crippen LogP contribution is 2.41. The van der Waals surface area contributed by atoms with Crippen LogP contribution in [0.25, 0.3) is 0 Å². The van der Waals surface area contributed by atoms with Crippen LogP contribution < -0.4 is 5.32 Å². The number of carbonyl (C=O) groups is 1. The Kier molecular flexibility index (Phi) is 5.30. The number of hydrogen-bond donors (Lipinski definition) is 2. The number of aromatic nitrogens is 1. The molecule has 3 aliphatic carbocycles. The van der Waals surface area contributed by atoms with Gasteiger partial charge < -0.3 is 15.3 Å². The monoisotopic (exact) mass is 428 g/mol. The lowest BCUT2D eigenvalue weighted by Crippen LogP contribution is -2.41. The molecule has 0 bridgehead atoms. The summed E-state index contributed by atoms with van der Waals surface area (Å²) in [4.78, 5) is 25.8. The third-order valence-corrected chi connectivity index (χ3v) is 7.94. The summed E-state index contributed by atoms with van der Waals surface area (Å²) in [6.07, 6.45) is 10.6. The van der Waals surface area contributed by atoms with Crippen LogP contribution in [-0.2, 0) is 0 Å². The van der Waals surface area contributed by atoms with Crippen molar-refractivity contribution in [3.8, 4) is 0 Å². The lowest BCUT2D eigenvalue weighted by molar-refractivity contribution is -0.00257. The largest absolute Gasteiger partial charge is 0.390 e. The molecule has 0 radical (unpaired) electrons. The number of nitrogens with one attached hydrogen (secondary N) is 1. The van der Waals surface area contributed by atoms with Gasteiger partial charge in [0.2, 0.25) is 0 Å². The summed E-state index contributed by atoms with van der Waals surface area (Å²) >= 11 is 1.75. The van der Waals surface area contributed by atoms with Crippen LogP contribution in [0.5, 0.6) is 0 Å². The minimum atomic E-state index is -0.636. The molecule has 0 atom stereocenters. The number of thioether (sulfide) groups is 1. The van der Waals surface area contributed by atoms with Gasteiger partial charge in [-0.25, -0.2) is 9.98 Å². The summed E-state index contributed by atoms with van der Waals surface area (Å²) in [5, 5.41) is 13.4. The number of hydrogen-bond acceptors (Lipinski definition) is 6. The average Bonchev–Trinajstić information content (AvgIpc) is 3.63. The van der Waals surface area contributed by atoms with Crippen molar-refractivity contribution in [2.75, 3.05) is 5.75 Å². The Balaban J connectivity index is 1.23. The Morgan fingerprint density at radius 2 is 1.80 bits per heavy atom. The van der Waals surface area contributed by atoms with E-state index in [1.807, 2.05) is 19.9 Å². The second kappa shape index (κ2) is 7.83. The molecule has 1 amide bonds. The summed E-state index contributed by atoms with van der Waals surface area (Å²) in [6.45, 7) is 3.77. The van der Waals surface area contributed by atoms with Crippen molar-refractivity contribution < 1.29 is 9.90 Å². The zero-order valence-corrected chi connectivity index (χ0v) is 18.7. The number of amides is 1. The van der Waals surface area contributed by atoms with Crippen LogP contribution in [0.3, 0.4) is 0 Å². The lowest BCUT2D eigenvalue weighted by atomic mass is 9.77. The first kappa shape index (κ1) is 20.3. The van der Waals surface area contributed by atoms with E-state index in [1.165, 1.54) is 31.5 Å². The van der Waals surface area contributed by atoms with Crippen molar-refractivity contribution in [2.45, 2.75) is 93.8 Å². The molecule has 2 heterocycles. The fourth-order valence-electron chi connectivity index (χ4n) is 4.82. The van der Waals surface area contributed by atoms with Gasteiger partial charge >= 0.3 is 0 Å². The maximum atomic E-state index is 12.8. The summed E-state index contributed by atoms with van der Waals surface area (Å²) in [6, 6.07) is 3.50. The zero-order chi connectivity index (χ0) is 20.9. The number of fused-ring (bicyclic) bond motifs is 1. The fourth-order valence-corrected chi connectivity index (χ4v) is 5.75. The Hall–Kier alpha value is -1.60. The van der Waals surface area contributed by atoms with Gasteiger partial charge in [0.15, 0.2) is 5.82 Å². The molecule has 0 spiro atoms. The Morgan fingerprint density at radius 1 is 1.13 bits per heavy atom. The molecule has 3 fully saturated rings. The molecule has 6 nitrogen and oxygen atoms in total. The molecular weight excluding hydrogens is 396 g/mol. The van der Waals surface area contributed by atoms with Gasteiger partial charge in [-0.1, -0.05) is 0 Å². The van der Waals surface area contributed by atoms with Gasteiger partial charge in [0.05, 0.1) is 21.8 Å². The van der Waals surface area contributed by atoms with Crippen LogP contribution in [0.15, 0.2) is 22.2 Å². The molecule has 3 saturated carbocycles. The van der Waals surface area contributed by atoms with Gasteiger partial charge in [0.25, 0.3) is 5.91 Å². The highest BCUT2D eigenvalue weighted by molar-refractivity contribution is 8.00. The van der Waals surface area contributed by atoms with Crippen molar-refractivity contribution in [3.05, 3.63) is 17.8 Å². The molecule has 0 saturated heterocycles. The Morgan fingerprint density at radius 3 is 2.40 bits per heavy atom. The second-order valence-corrected chi connectivity index (χ2v) is 10.9. The van der Waals surface area contributed by atoms with Gasteiger partial charge in [-0.05, 0) is 77.2 Å². The van der Waals surface area contributed by atoms with Crippen molar-refractivity contribution in [1.82, 2.24) is 15.2 Å². The molecule has 1 aromatic heterocycles. The summed E-state index contributed by atoms with van der Waals surface area (Å²) in [7, 11) is 0. The SMILES string of the molecule is CC(C)(O)C1CCC(NC(=O)c2cnc3c(c2)SCC(N(C2CC2)C2CC2)=N3)CC1. The van der Waals surface area contributed by atoms with Crippen LogP contribution in [0.2, 0.25) is 0 Å². The number of rotatable bonds is 5. The summed E-state index contributed by atoms with van der Waals surface area (Å²) < 4.78 is 0. The van der Waals surface area contributed by atoms with E-state index in [0.717, 1.165) is 42.1 Å². The quantitative estimate of drug-likeness (QED) is 0.744. The molecule has 5 rings (SSSR count). The smallest absolute Gasteiger partial charge is 0.253 e. The molecular formula is C23H32N4O2S. The van der Waals surface area contributed by atoms with E-state index in [2.05, 4.69) is 15.2 Å². The van der Waals surface area contributed by atoms with E-state index < -0.39 is 5.60 Å². The maximum Gasteiger partial charge on any atom is 0.253 e. The lowest BCUT2D eigenvalue weighted by Gasteiger charge is -2.36. The third kappa shape index (κ3) is 4.37. The maximum absolute atomic E-state index is 12.8. The van der Waals surface area contributed by atoms with E-state index in [1.54, 1.807) is 18.0 Å². The number of aliphatic hydroxyl groups is 1. The van der Waals surface area contributed by atoms with Crippen molar-refractivity contribution in [3.63, 3.8) is 0 Å². The van der Waals surface area contributed by atoms with Crippen LogP contribution in [0.1, 0.15) is 75.6 Å². The fraction of sp³-hybridized carbons (Fsp3) is 0.696. The van der Waals surface area contributed by atoms with Gasteiger partial charge in [-0.3, -0.25) is 4.79 Å². The average molecular weight is 429 g/mol. The van der Waals surface area contributed by atoms with Crippen molar-refractivity contribution in [2.24, 2.45) is 10.9 Å². The van der Waals surface area contributed by atoms with Crippen LogP contribution >= 0.6 is 11.8 Å². The summed E-state index contributed by atoms with van der Waals surface area (Å²) in [5.41, 5.74) is -0.0199. The number of nitrogens with zero attached hydrogens (tertiary/aromatic N) is 3. The zero-order valence-electron chi connectivity index (χ0n) is 17.9. The highest BCUT2D eigenvalue weighted by atomic mass is 32.2. The van der Waals surface area contributed by atoms with Gasteiger partial charge in [0.1, 0.15) is 5.84 Å². The number of pyridine rings is 1. The molecule has 1 aromatic rings. The first-order valence-corrected chi connectivity index (χ1v) is 12.4. The van der Waals surface area contributed by atoms with Crippen LogP contribution in [-0.4, -0.2) is 56.2 Å². The molecule has 0 unspecified atom stereocenters. The van der Waals surface area contributed by atoms with Crippen molar-refractivity contribution in [1.29, 1.82) is 0 Å². The summed E-state index contributed by atoms with van der Waals surface area (Å²) in [5.74, 6) is 3.06. The predicted octanol–water partition coefficient (Wildman–Crippen LogP) is 3.90. The number of amidine groups is 1. The van der Waals surface area contributed by atoms with E-state index >= 15 is 0 Å². The number of carbonyl (C=O) groups excluding carboxylic acids is 1. The second-order valence-electron chi connectivity index (χ2n) is 9.91. The third-order valence-electron chi connectivity index (χ3n) is 6.93. The topological polar surface area (TPSA) is 77.8 Å². The molecule has 0 aromatic carbocycles. The normalized spacial score (nSPS) is 26.6. The van der Waals surface area contributed by atoms with Gasteiger partial charge in [-0.2, -0.15) is 0 Å². The molecule has 1 aliphatic heterocycles. The van der Waals surface area contributed by atoms with Gasteiger partial charge in [-0.15, -0.1) is 11.8 Å². The Bertz CT molecular complexity index is 837. The van der Waals surface area contributed by atoms with E-state index in [9.17, 15) is 9.90 Å². The van der Waals surface area contributed by atoms with Crippen LogP contribution in [0, 0.1) is 5.92 Å². The Labute approximate surface area is 182 Å². The van der Waals surface area contributed by atoms with E-state index in [4.69, 9.17) is 4.99 Å². The highest BCUT2D eigenvalue weighted by Gasteiger charge is 2.41. The molecule has 4 aliphatic rings. The minimum Gasteiger partial charge on any atom is -0.390 e. The molecule has 2 N–H and O–H groups in total. The standard InChI is InChI=1S/C23H32N4O2S/c1-23(2,29)15-3-5-16(6-4-15)25-22(28)14-11-19-21(24-12-14)26-20(13-30-19)27(17-7-8-17)18-9-10-18/h11-12,15-18,29H,3-10,13H2,1-2H3,(H,25,28). The molecule has 30 heavy (non-hydrogen) atoms. The molecule has 7 heteroatoms. The van der Waals surface area contributed by atoms with E-state index in [0.29, 0.717) is 23.6 Å². The van der Waals surface area contributed by atoms with E-state index in [-0.39, 0.29) is 11.9 Å². The molecule has 162 valence electrons. The first-order valence-electron chi connectivity index (χ1n) is 11.4. The van der Waals surface area contributed by atoms with Gasteiger partial charge in [0, 0.05) is 24.3 Å². The number of aliphatic imine (C=N–C) groups is 1. The predicted molar refractivity (Wildman–Crippen MR) is 119 cm³/mol. The minimum absolute atomic E-state index is 0.0510. The van der Waals surface area contributed by atoms with Crippen LogP contribution in [0.4, 0.5) is 5.82 Å².